The minimum absolute atomic E-state index is 0.000941. The molecular weight excluding hydrogens is 270 g/mol. The summed E-state index contributed by atoms with van der Waals surface area (Å²) in [5, 5.41) is 0. The van der Waals surface area contributed by atoms with Gasteiger partial charge in [0, 0.05) is 40.0 Å². The summed E-state index contributed by atoms with van der Waals surface area (Å²) < 4.78 is 16.5. The van der Waals surface area contributed by atoms with Crippen molar-refractivity contribution in [3.8, 4) is 0 Å². The molecule has 2 aliphatic rings. The summed E-state index contributed by atoms with van der Waals surface area (Å²) in [5.41, 5.74) is -0.000941. The molecule has 2 aliphatic heterocycles. The summed E-state index contributed by atoms with van der Waals surface area (Å²) in [6, 6.07) is 0. The lowest BCUT2D eigenvalue weighted by Crippen LogP contribution is -2.51. The Morgan fingerprint density at radius 1 is 1.38 bits per heavy atom. The average Bonchev–Trinajstić information content (AvgIpc) is 2.51. The SMILES string of the molecule is CCOCC(=O)N1CCC2(CC1)CC(CCOC)CCO2. The predicted octanol–water partition coefficient (Wildman–Crippen LogP) is 1.85. The summed E-state index contributed by atoms with van der Waals surface area (Å²) >= 11 is 0. The third-order valence-corrected chi connectivity index (χ3v) is 4.78. The molecule has 0 saturated carbocycles. The van der Waals surface area contributed by atoms with Crippen molar-refractivity contribution in [3.63, 3.8) is 0 Å². The molecule has 5 nitrogen and oxygen atoms in total. The number of carbonyl (C=O) groups is 1. The van der Waals surface area contributed by atoms with Crippen LogP contribution in [0.15, 0.2) is 0 Å². The first kappa shape index (κ1) is 16.7. The van der Waals surface area contributed by atoms with Gasteiger partial charge in [-0.25, -0.2) is 0 Å². The van der Waals surface area contributed by atoms with Crippen molar-refractivity contribution in [2.24, 2.45) is 5.92 Å². The molecule has 1 spiro atoms. The van der Waals surface area contributed by atoms with Crippen molar-refractivity contribution in [2.75, 3.05) is 46.6 Å². The van der Waals surface area contributed by atoms with E-state index in [2.05, 4.69) is 0 Å². The zero-order valence-electron chi connectivity index (χ0n) is 13.4. The van der Waals surface area contributed by atoms with Crippen molar-refractivity contribution in [2.45, 2.75) is 44.6 Å². The van der Waals surface area contributed by atoms with Gasteiger partial charge < -0.3 is 19.1 Å². The summed E-state index contributed by atoms with van der Waals surface area (Å²) in [7, 11) is 1.76. The normalized spacial score (nSPS) is 25.2. The van der Waals surface area contributed by atoms with E-state index in [0.29, 0.717) is 12.5 Å². The highest BCUT2D eigenvalue weighted by Crippen LogP contribution is 2.38. The lowest BCUT2D eigenvalue weighted by Gasteiger charge is -2.46. The molecule has 0 N–H and O–H groups in total. The van der Waals surface area contributed by atoms with E-state index in [0.717, 1.165) is 58.4 Å². The van der Waals surface area contributed by atoms with Crippen LogP contribution in [-0.4, -0.2) is 63.0 Å². The molecule has 0 aliphatic carbocycles. The molecule has 5 heteroatoms. The molecule has 1 amide bonds. The molecule has 122 valence electrons. The second-order valence-electron chi connectivity index (χ2n) is 6.19. The summed E-state index contributed by atoms with van der Waals surface area (Å²) in [4.78, 5) is 13.9. The molecular formula is C16H29NO4. The van der Waals surface area contributed by atoms with Crippen molar-refractivity contribution < 1.29 is 19.0 Å². The second-order valence-corrected chi connectivity index (χ2v) is 6.19. The van der Waals surface area contributed by atoms with Crippen molar-refractivity contribution in [3.05, 3.63) is 0 Å². The van der Waals surface area contributed by atoms with Gasteiger partial charge in [0.25, 0.3) is 0 Å². The van der Waals surface area contributed by atoms with Gasteiger partial charge in [-0.1, -0.05) is 0 Å². The van der Waals surface area contributed by atoms with Gasteiger partial charge in [0.15, 0.2) is 0 Å². The van der Waals surface area contributed by atoms with E-state index in [4.69, 9.17) is 14.2 Å². The van der Waals surface area contributed by atoms with E-state index < -0.39 is 0 Å². The standard InChI is InChI=1S/C16H29NO4/c1-3-20-13-15(18)17-8-6-16(7-9-17)12-14(4-10-19-2)5-11-21-16/h14H,3-13H2,1-2H3. The molecule has 0 aromatic rings. The topological polar surface area (TPSA) is 48.0 Å². The van der Waals surface area contributed by atoms with Gasteiger partial charge in [-0.2, -0.15) is 0 Å². The fourth-order valence-corrected chi connectivity index (χ4v) is 3.45. The van der Waals surface area contributed by atoms with Gasteiger partial charge in [0.05, 0.1) is 5.60 Å². The van der Waals surface area contributed by atoms with Gasteiger partial charge in [0.1, 0.15) is 6.61 Å². The maximum atomic E-state index is 12.0. The summed E-state index contributed by atoms with van der Waals surface area (Å²) in [6.45, 7) is 5.98. The van der Waals surface area contributed by atoms with Gasteiger partial charge >= 0.3 is 0 Å². The minimum Gasteiger partial charge on any atom is -0.385 e. The van der Waals surface area contributed by atoms with Gasteiger partial charge in [-0.15, -0.1) is 0 Å². The van der Waals surface area contributed by atoms with Crippen LogP contribution in [0.5, 0.6) is 0 Å². The highest BCUT2D eigenvalue weighted by molar-refractivity contribution is 5.77. The van der Waals surface area contributed by atoms with E-state index >= 15 is 0 Å². The smallest absolute Gasteiger partial charge is 0.248 e. The maximum absolute atomic E-state index is 12.0. The molecule has 0 bridgehead atoms. The molecule has 0 radical (unpaired) electrons. The number of rotatable bonds is 6. The van der Waals surface area contributed by atoms with Gasteiger partial charge in [-0.3, -0.25) is 4.79 Å². The first-order valence-electron chi connectivity index (χ1n) is 8.17. The Balaban J connectivity index is 1.80. The van der Waals surface area contributed by atoms with Crippen LogP contribution in [0, 0.1) is 5.92 Å². The van der Waals surface area contributed by atoms with Gasteiger partial charge in [0.2, 0.25) is 5.91 Å². The van der Waals surface area contributed by atoms with Crippen LogP contribution >= 0.6 is 0 Å². The lowest BCUT2D eigenvalue weighted by atomic mass is 9.78. The Morgan fingerprint density at radius 3 is 2.81 bits per heavy atom. The van der Waals surface area contributed by atoms with Crippen LogP contribution in [-0.2, 0) is 19.0 Å². The molecule has 2 heterocycles. The first-order chi connectivity index (χ1) is 10.2. The zero-order chi connectivity index (χ0) is 15.1. The number of amides is 1. The lowest BCUT2D eigenvalue weighted by molar-refractivity contribution is -0.151. The quantitative estimate of drug-likeness (QED) is 0.751. The van der Waals surface area contributed by atoms with Crippen LogP contribution in [0.2, 0.25) is 0 Å². The Kier molecular flexibility index (Phi) is 6.45. The number of likely N-dealkylation sites (tertiary alicyclic amines) is 1. The average molecular weight is 299 g/mol. The van der Waals surface area contributed by atoms with E-state index in [1.807, 2.05) is 11.8 Å². The van der Waals surface area contributed by atoms with E-state index in [9.17, 15) is 4.79 Å². The fourth-order valence-electron chi connectivity index (χ4n) is 3.45. The van der Waals surface area contributed by atoms with Crippen molar-refractivity contribution in [1.29, 1.82) is 0 Å². The molecule has 1 atom stereocenters. The second kappa shape index (κ2) is 8.11. The van der Waals surface area contributed by atoms with Crippen LogP contribution < -0.4 is 0 Å². The third kappa shape index (κ3) is 4.66. The molecule has 0 aromatic carbocycles. The summed E-state index contributed by atoms with van der Waals surface area (Å²) in [6.07, 6.45) is 5.28. The van der Waals surface area contributed by atoms with Crippen LogP contribution in [0.3, 0.4) is 0 Å². The molecule has 2 fully saturated rings. The van der Waals surface area contributed by atoms with Gasteiger partial charge in [-0.05, 0) is 44.9 Å². The van der Waals surface area contributed by atoms with Crippen LogP contribution in [0.25, 0.3) is 0 Å². The molecule has 2 saturated heterocycles. The number of ether oxygens (including phenoxy) is 3. The Bertz CT molecular complexity index is 326. The molecule has 0 aromatic heterocycles. The highest BCUT2D eigenvalue weighted by Gasteiger charge is 2.40. The zero-order valence-corrected chi connectivity index (χ0v) is 13.4. The van der Waals surface area contributed by atoms with E-state index in [1.165, 1.54) is 0 Å². The number of hydrogen-bond acceptors (Lipinski definition) is 4. The van der Waals surface area contributed by atoms with E-state index in [-0.39, 0.29) is 18.1 Å². The van der Waals surface area contributed by atoms with Crippen molar-refractivity contribution in [1.82, 2.24) is 4.90 Å². The van der Waals surface area contributed by atoms with Crippen LogP contribution in [0.4, 0.5) is 0 Å². The van der Waals surface area contributed by atoms with Crippen molar-refractivity contribution >= 4 is 5.91 Å². The first-order valence-corrected chi connectivity index (χ1v) is 8.17. The minimum atomic E-state index is -0.000941. The molecule has 21 heavy (non-hydrogen) atoms. The summed E-state index contributed by atoms with van der Waals surface area (Å²) in [5.74, 6) is 0.808. The Hall–Kier alpha value is -0.650. The monoisotopic (exact) mass is 299 g/mol. The Morgan fingerprint density at radius 2 is 2.14 bits per heavy atom. The largest absolute Gasteiger partial charge is 0.385 e. The number of carbonyl (C=O) groups excluding carboxylic acids is 1. The maximum Gasteiger partial charge on any atom is 0.248 e. The third-order valence-electron chi connectivity index (χ3n) is 4.78. The predicted molar refractivity (Wildman–Crippen MR) is 80.2 cm³/mol. The number of nitrogens with zero attached hydrogens (tertiary/aromatic N) is 1. The highest BCUT2D eigenvalue weighted by atomic mass is 16.5. The molecule has 2 rings (SSSR count). The number of hydrogen-bond donors (Lipinski definition) is 0. The van der Waals surface area contributed by atoms with Crippen LogP contribution in [0.1, 0.15) is 39.0 Å². The molecule has 1 unspecified atom stereocenters. The Labute approximate surface area is 127 Å². The fraction of sp³-hybridized carbons (Fsp3) is 0.938. The number of methoxy groups -OCH3 is 1. The van der Waals surface area contributed by atoms with E-state index in [1.54, 1.807) is 7.11 Å². The number of piperidine rings is 1.